The molecule has 0 aliphatic carbocycles. The lowest BCUT2D eigenvalue weighted by atomic mass is 10.2. The number of nitrogens with two attached hydrogens (primary N) is 2. The summed E-state index contributed by atoms with van der Waals surface area (Å²) in [7, 11) is 0. The normalized spacial score (nSPS) is 25.1. The predicted molar refractivity (Wildman–Crippen MR) is 78.7 cm³/mol. The fourth-order valence-corrected chi connectivity index (χ4v) is 2.74. The van der Waals surface area contributed by atoms with E-state index in [1.165, 1.54) is 6.33 Å². The van der Waals surface area contributed by atoms with E-state index in [4.69, 9.17) is 16.2 Å². The second kappa shape index (κ2) is 6.13. The number of aliphatic hydroxyl groups is 2. The lowest BCUT2D eigenvalue weighted by molar-refractivity contribution is -0.0471. The van der Waals surface area contributed by atoms with Crippen molar-refractivity contribution in [1.82, 2.24) is 19.7 Å². The van der Waals surface area contributed by atoms with Crippen LogP contribution in [0.3, 0.4) is 0 Å². The van der Waals surface area contributed by atoms with Gasteiger partial charge in [0.05, 0.1) is 23.8 Å². The highest BCUT2D eigenvalue weighted by Crippen LogP contribution is 2.32. The van der Waals surface area contributed by atoms with Gasteiger partial charge in [-0.2, -0.15) is 5.10 Å². The molecule has 0 amide bonds. The Kier molecular flexibility index (Phi) is 4.21. The number of aromatic nitrogens is 4. The smallest absolute Gasteiger partial charge is 0.166 e. The van der Waals surface area contributed by atoms with Gasteiger partial charge >= 0.3 is 0 Å². The number of hydrogen-bond acceptors (Lipinski definition) is 8. The monoisotopic (exact) mass is 308 g/mol. The number of hydrogen-bond donors (Lipinski definition) is 4. The fraction of sp³-hybridized carbons (Fsp3) is 0.615. The van der Waals surface area contributed by atoms with Crippen molar-refractivity contribution in [3.05, 3.63) is 12.0 Å². The van der Waals surface area contributed by atoms with Gasteiger partial charge in [0.25, 0.3) is 0 Å². The molecule has 2 aromatic heterocycles. The zero-order chi connectivity index (χ0) is 15.7. The second-order valence-electron chi connectivity index (χ2n) is 5.36. The number of rotatable bonds is 5. The van der Waals surface area contributed by atoms with Crippen molar-refractivity contribution in [2.24, 2.45) is 5.73 Å². The number of ether oxygens (including phenoxy) is 1. The van der Waals surface area contributed by atoms with Crippen LogP contribution in [0.25, 0.3) is 11.0 Å². The molecule has 3 rings (SSSR count). The van der Waals surface area contributed by atoms with Crippen LogP contribution in [0.15, 0.2) is 6.33 Å². The van der Waals surface area contributed by atoms with Crippen LogP contribution < -0.4 is 11.5 Å². The third-order valence-corrected chi connectivity index (χ3v) is 3.87. The van der Waals surface area contributed by atoms with E-state index in [0.29, 0.717) is 36.2 Å². The average Bonchev–Trinajstić information content (AvgIpc) is 3.06. The van der Waals surface area contributed by atoms with Crippen molar-refractivity contribution >= 4 is 16.9 Å². The Morgan fingerprint density at radius 2 is 2.23 bits per heavy atom. The summed E-state index contributed by atoms with van der Waals surface area (Å²) in [5.41, 5.74) is 12.8. The van der Waals surface area contributed by atoms with Crippen LogP contribution in [-0.2, 0) is 11.2 Å². The number of anilines is 1. The van der Waals surface area contributed by atoms with Crippen LogP contribution in [-0.4, -0.2) is 55.3 Å². The molecule has 2 aromatic rings. The molecule has 0 spiro atoms. The van der Waals surface area contributed by atoms with E-state index in [0.717, 1.165) is 12.1 Å². The van der Waals surface area contributed by atoms with E-state index < -0.39 is 18.4 Å². The quantitative estimate of drug-likeness (QED) is 0.547. The third-order valence-electron chi connectivity index (χ3n) is 3.87. The number of aryl methyl sites for hydroxylation is 1. The summed E-state index contributed by atoms with van der Waals surface area (Å²) in [5.74, 6) is 0.362. The largest absolute Gasteiger partial charge is 0.394 e. The van der Waals surface area contributed by atoms with Crippen LogP contribution in [0.4, 0.5) is 5.82 Å². The van der Waals surface area contributed by atoms with Gasteiger partial charge in [-0.1, -0.05) is 0 Å². The van der Waals surface area contributed by atoms with Crippen LogP contribution >= 0.6 is 0 Å². The topological polar surface area (TPSA) is 145 Å². The summed E-state index contributed by atoms with van der Waals surface area (Å²) in [5, 5.41) is 24.3. The van der Waals surface area contributed by atoms with Crippen LogP contribution in [0.5, 0.6) is 0 Å². The minimum Gasteiger partial charge on any atom is -0.394 e. The number of nitrogens with zero attached hydrogens (tertiary/aromatic N) is 4. The Bertz CT molecular complexity index is 661. The molecule has 1 fully saturated rings. The highest BCUT2D eigenvalue weighted by Gasteiger charge is 2.36. The van der Waals surface area contributed by atoms with E-state index in [2.05, 4.69) is 15.1 Å². The molecular weight excluding hydrogens is 288 g/mol. The van der Waals surface area contributed by atoms with E-state index in [-0.39, 0.29) is 6.61 Å². The first-order chi connectivity index (χ1) is 10.7. The minimum atomic E-state index is -0.735. The first-order valence-corrected chi connectivity index (χ1v) is 7.27. The van der Waals surface area contributed by atoms with Crippen LogP contribution in [0.2, 0.25) is 0 Å². The van der Waals surface area contributed by atoms with E-state index in [9.17, 15) is 10.2 Å². The summed E-state index contributed by atoms with van der Waals surface area (Å²) in [6.45, 7) is 0.307. The lowest BCUT2D eigenvalue weighted by Crippen LogP contribution is -2.24. The van der Waals surface area contributed by atoms with Crippen molar-refractivity contribution in [3.63, 3.8) is 0 Å². The standard InChI is InChI=1S/C13H20N6O3/c14-3-1-2-7-11-12(15)16-6-17-13(11)19(18-7)10-4-8(21)9(5-20)22-10/h6,8-10,20-21H,1-5,14H2,(H2,15,16,17)/t8-,9+,10-/m0/s1. The van der Waals surface area contributed by atoms with Crippen molar-refractivity contribution < 1.29 is 14.9 Å². The number of fused-ring (bicyclic) bond motifs is 1. The van der Waals surface area contributed by atoms with Gasteiger partial charge in [0, 0.05) is 6.42 Å². The Labute approximate surface area is 126 Å². The highest BCUT2D eigenvalue weighted by molar-refractivity contribution is 5.88. The van der Waals surface area contributed by atoms with Crippen molar-refractivity contribution in [3.8, 4) is 0 Å². The maximum absolute atomic E-state index is 9.90. The zero-order valence-corrected chi connectivity index (χ0v) is 12.1. The molecule has 1 saturated heterocycles. The van der Waals surface area contributed by atoms with Gasteiger partial charge in [-0.15, -0.1) is 0 Å². The molecule has 0 aromatic carbocycles. The SMILES string of the molecule is NCCCc1nn([C@@H]2C[C@H](O)[C@@H](CO)O2)c2ncnc(N)c12. The Morgan fingerprint density at radius 1 is 1.41 bits per heavy atom. The molecule has 120 valence electrons. The molecule has 22 heavy (non-hydrogen) atoms. The number of aliphatic hydroxyl groups excluding tert-OH is 2. The Balaban J connectivity index is 2.01. The van der Waals surface area contributed by atoms with Gasteiger partial charge in [-0.3, -0.25) is 0 Å². The predicted octanol–water partition coefficient (Wildman–Crippen LogP) is -1.06. The van der Waals surface area contributed by atoms with E-state index in [1.807, 2.05) is 0 Å². The third kappa shape index (κ3) is 2.52. The van der Waals surface area contributed by atoms with Crippen LogP contribution in [0, 0.1) is 0 Å². The molecule has 0 saturated carbocycles. The van der Waals surface area contributed by atoms with Gasteiger partial charge in [0.2, 0.25) is 0 Å². The second-order valence-corrected chi connectivity index (χ2v) is 5.36. The molecule has 0 bridgehead atoms. The first kappa shape index (κ1) is 15.1. The molecule has 6 N–H and O–H groups in total. The molecule has 0 unspecified atom stereocenters. The maximum Gasteiger partial charge on any atom is 0.166 e. The molecule has 9 heteroatoms. The summed E-state index contributed by atoms with van der Waals surface area (Å²) >= 11 is 0. The van der Waals surface area contributed by atoms with Gasteiger partial charge in [0.1, 0.15) is 18.2 Å². The number of nitrogen functional groups attached to an aromatic ring is 1. The molecule has 1 aliphatic heterocycles. The van der Waals surface area contributed by atoms with E-state index in [1.54, 1.807) is 4.68 Å². The molecule has 3 heterocycles. The average molecular weight is 308 g/mol. The fourth-order valence-electron chi connectivity index (χ4n) is 2.74. The van der Waals surface area contributed by atoms with Crippen molar-refractivity contribution in [2.75, 3.05) is 18.9 Å². The van der Waals surface area contributed by atoms with E-state index >= 15 is 0 Å². The summed E-state index contributed by atoms with van der Waals surface area (Å²) in [6, 6.07) is 0. The van der Waals surface area contributed by atoms with Crippen molar-refractivity contribution in [1.29, 1.82) is 0 Å². The molecule has 0 radical (unpaired) electrons. The first-order valence-electron chi connectivity index (χ1n) is 7.27. The molecule has 9 nitrogen and oxygen atoms in total. The van der Waals surface area contributed by atoms with Gasteiger partial charge < -0.3 is 26.4 Å². The van der Waals surface area contributed by atoms with Crippen molar-refractivity contribution in [2.45, 2.75) is 37.7 Å². The summed E-state index contributed by atoms with van der Waals surface area (Å²) in [4.78, 5) is 8.26. The molecule has 1 aliphatic rings. The maximum atomic E-state index is 9.90. The highest BCUT2D eigenvalue weighted by atomic mass is 16.5. The lowest BCUT2D eigenvalue weighted by Gasteiger charge is -2.12. The molecular formula is C13H20N6O3. The minimum absolute atomic E-state index is 0.242. The van der Waals surface area contributed by atoms with Gasteiger partial charge in [-0.25, -0.2) is 14.6 Å². The van der Waals surface area contributed by atoms with Crippen LogP contribution in [0.1, 0.15) is 24.8 Å². The van der Waals surface area contributed by atoms with Gasteiger partial charge in [0.15, 0.2) is 11.9 Å². The summed E-state index contributed by atoms with van der Waals surface area (Å²) in [6.07, 6.45) is 1.30. The molecule has 3 atom stereocenters. The Hall–Kier alpha value is -1.81. The Morgan fingerprint density at radius 3 is 2.91 bits per heavy atom. The summed E-state index contributed by atoms with van der Waals surface area (Å²) < 4.78 is 7.26. The van der Waals surface area contributed by atoms with Gasteiger partial charge in [-0.05, 0) is 19.4 Å². The zero-order valence-electron chi connectivity index (χ0n) is 12.1.